The standard InChI is InChI=1S/C14H19N3O4/c1-3-15-14(19)17-13(18)9(2)16-7-10-5-4-6-11-12(10)21-8-20-11/h4-6,9,16H,3,7-8H2,1-2H3,(H2,15,17,18,19). The Kier molecular flexibility index (Phi) is 4.99. The van der Waals surface area contributed by atoms with Gasteiger partial charge in [-0.25, -0.2) is 4.79 Å². The van der Waals surface area contributed by atoms with Crippen LogP contribution in [0.3, 0.4) is 0 Å². The second kappa shape index (κ2) is 6.94. The van der Waals surface area contributed by atoms with Gasteiger partial charge in [0.2, 0.25) is 12.7 Å². The summed E-state index contributed by atoms with van der Waals surface area (Å²) >= 11 is 0. The van der Waals surface area contributed by atoms with Crippen LogP contribution in [0.1, 0.15) is 19.4 Å². The van der Waals surface area contributed by atoms with Crippen molar-refractivity contribution in [1.29, 1.82) is 0 Å². The normalized spacial score (nSPS) is 13.6. The van der Waals surface area contributed by atoms with E-state index in [4.69, 9.17) is 9.47 Å². The molecular weight excluding hydrogens is 274 g/mol. The molecule has 0 saturated carbocycles. The maximum absolute atomic E-state index is 11.8. The Labute approximate surface area is 123 Å². The van der Waals surface area contributed by atoms with Crippen molar-refractivity contribution in [3.8, 4) is 11.5 Å². The number of imide groups is 1. The highest BCUT2D eigenvalue weighted by atomic mass is 16.7. The maximum Gasteiger partial charge on any atom is 0.321 e. The van der Waals surface area contributed by atoms with E-state index in [-0.39, 0.29) is 12.7 Å². The minimum Gasteiger partial charge on any atom is -0.454 e. The van der Waals surface area contributed by atoms with Crippen LogP contribution in [-0.4, -0.2) is 31.3 Å². The van der Waals surface area contributed by atoms with E-state index < -0.39 is 12.1 Å². The number of ether oxygens (including phenoxy) is 2. The lowest BCUT2D eigenvalue weighted by Crippen LogP contribution is -2.47. The molecule has 0 fully saturated rings. The molecule has 1 heterocycles. The highest BCUT2D eigenvalue weighted by Crippen LogP contribution is 2.35. The van der Waals surface area contributed by atoms with Crippen LogP contribution in [0.2, 0.25) is 0 Å². The van der Waals surface area contributed by atoms with Crippen LogP contribution in [0.25, 0.3) is 0 Å². The highest BCUT2D eigenvalue weighted by molar-refractivity contribution is 5.96. The lowest BCUT2D eigenvalue weighted by Gasteiger charge is -2.14. The van der Waals surface area contributed by atoms with Gasteiger partial charge in [0.05, 0.1) is 6.04 Å². The largest absolute Gasteiger partial charge is 0.454 e. The Hall–Kier alpha value is -2.28. The molecule has 0 saturated heterocycles. The first-order valence-electron chi connectivity index (χ1n) is 6.81. The monoisotopic (exact) mass is 293 g/mol. The van der Waals surface area contributed by atoms with E-state index in [1.54, 1.807) is 13.8 Å². The van der Waals surface area contributed by atoms with Gasteiger partial charge in [0.25, 0.3) is 0 Å². The first-order chi connectivity index (χ1) is 10.1. The predicted molar refractivity (Wildman–Crippen MR) is 76.1 cm³/mol. The SMILES string of the molecule is CCNC(=O)NC(=O)C(C)NCc1cccc2c1OCO2. The van der Waals surface area contributed by atoms with Gasteiger partial charge in [-0.15, -0.1) is 0 Å². The molecule has 1 aliphatic rings. The summed E-state index contributed by atoms with van der Waals surface area (Å²) in [6, 6.07) is 4.59. The molecular formula is C14H19N3O4. The average molecular weight is 293 g/mol. The second-order valence-electron chi connectivity index (χ2n) is 4.60. The minimum atomic E-state index is -0.509. The zero-order valence-corrected chi connectivity index (χ0v) is 12.1. The number of hydrogen-bond donors (Lipinski definition) is 3. The molecule has 0 radical (unpaired) electrons. The van der Waals surface area contributed by atoms with Crippen molar-refractivity contribution in [3.05, 3.63) is 23.8 Å². The van der Waals surface area contributed by atoms with Crippen molar-refractivity contribution in [2.75, 3.05) is 13.3 Å². The van der Waals surface area contributed by atoms with Gasteiger partial charge in [0, 0.05) is 18.7 Å². The molecule has 1 aliphatic heterocycles. The summed E-state index contributed by atoms with van der Waals surface area (Å²) in [7, 11) is 0. The minimum absolute atomic E-state index is 0.208. The molecule has 1 aromatic rings. The summed E-state index contributed by atoms with van der Waals surface area (Å²) in [5.41, 5.74) is 0.905. The van der Waals surface area contributed by atoms with Crippen molar-refractivity contribution in [2.45, 2.75) is 26.4 Å². The summed E-state index contributed by atoms with van der Waals surface area (Å²) in [4.78, 5) is 23.1. The molecule has 0 spiro atoms. The molecule has 7 nitrogen and oxygen atoms in total. The fourth-order valence-electron chi connectivity index (χ4n) is 1.91. The van der Waals surface area contributed by atoms with Crippen molar-refractivity contribution < 1.29 is 19.1 Å². The number of para-hydroxylation sites is 1. The number of hydrogen-bond acceptors (Lipinski definition) is 5. The molecule has 114 valence electrons. The number of rotatable bonds is 5. The molecule has 3 amide bonds. The quantitative estimate of drug-likeness (QED) is 0.745. The van der Waals surface area contributed by atoms with E-state index in [0.717, 1.165) is 5.56 Å². The third-order valence-electron chi connectivity index (χ3n) is 3.04. The Morgan fingerprint density at radius 2 is 2.14 bits per heavy atom. The van der Waals surface area contributed by atoms with Crippen LogP contribution in [0, 0.1) is 0 Å². The van der Waals surface area contributed by atoms with Gasteiger partial charge in [0.15, 0.2) is 11.5 Å². The molecule has 1 aromatic carbocycles. The molecule has 0 aromatic heterocycles. The van der Waals surface area contributed by atoms with E-state index >= 15 is 0 Å². The molecule has 0 aliphatic carbocycles. The lowest BCUT2D eigenvalue weighted by molar-refractivity contribution is -0.121. The molecule has 1 unspecified atom stereocenters. The number of urea groups is 1. The molecule has 1 atom stereocenters. The molecule has 3 N–H and O–H groups in total. The van der Waals surface area contributed by atoms with E-state index in [1.807, 2.05) is 18.2 Å². The fraction of sp³-hybridized carbons (Fsp3) is 0.429. The van der Waals surface area contributed by atoms with E-state index in [9.17, 15) is 9.59 Å². The van der Waals surface area contributed by atoms with Crippen LogP contribution in [0.4, 0.5) is 4.79 Å². The average Bonchev–Trinajstić information content (AvgIpc) is 2.93. The number of nitrogens with one attached hydrogen (secondary N) is 3. The first-order valence-corrected chi connectivity index (χ1v) is 6.81. The number of benzene rings is 1. The van der Waals surface area contributed by atoms with Gasteiger partial charge in [-0.3, -0.25) is 10.1 Å². The summed E-state index contributed by atoms with van der Waals surface area (Å²) in [5, 5.41) is 7.81. The smallest absolute Gasteiger partial charge is 0.321 e. The van der Waals surface area contributed by atoms with Gasteiger partial charge in [-0.1, -0.05) is 12.1 Å². The van der Waals surface area contributed by atoms with Gasteiger partial charge in [-0.2, -0.15) is 0 Å². The van der Waals surface area contributed by atoms with Crippen molar-refractivity contribution in [1.82, 2.24) is 16.0 Å². The van der Waals surface area contributed by atoms with Crippen molar-refractivity contribution in [2.24, 2.45) is 0 Å². The Morgan fingerprint density at radius 3 is 2.90 bits per heavy atom. The van der Waals surface area contributed by atoms with E-state index in [2.05, 4.69) is 16.0 Å². The Balaban J connectivity index is 1.87. The lowest BCUT2D eigenvalue weighted by atomic mass is 10.1. The second-order valence-corrected chi connectivity index (χ2v) is 4.60. The summed E-state index contributed by atoms with van der Waals surface area (Å²) < 4.78 is 10.7. The zero-order chi connectivity index (χ0) is 15.2. The topological polar surface area (TPSA) is 88.7 Å². The van der Waals surface area contributed by atoms with E-state index in [1.165, 1.54) is 0 Å². The van der Waals surface area contributed by atoms with Crippen LogP contribution < -0.4 is 25.4 Å². The van der Waals surface area contributed by atoms with Gasteiger partial charge < -0.3 is 20.1 Å². The van der Waals surface area contributed by atoms with Crippen LogP contribution in [-0.2, 0) is 11.3 Å². The van der Waals surface area contributed by atoms with Crippen molar-refractivity contribution in [3.63, 3.8) is 0 Å². The van der Waals surface area contributed by atoms with Crippen LogP contribution in [0.15, 0.2) is 18.2 Å². The van der Waals surface area contributed by atoms with Gasteiger partial charge >= 0.3 is 6.03 Å². The molecule has 0 bridgehead atoms. The maximum atomic E-state index is 11.8. The van der Waals surface area contributed by atoms with Gasteiger partial charge in [-0.05, 0) is 19.9 Å². The molecule has 2 rings (SSSR count). The Morgan fingerprint density at radius 1 is 1.33 bits per heavy atom. The molecule has 21 heavy (non-hydrogen) atoms. The molecule has 7 heteroatoms. The first kappa shape index (κ1) is 15.1. The van der Waals surface area contributed by atoms with Crippen LogP contribution >= 0.6 is 0 Å². The third-order valence-corrected chi connectivity index (χ3v) is 3.04. The zero-order valence-electron chi connectivity index (χ0n) is 12.1. The van der Waals surface area contributed by atoms with Gasteiger partial charge in [0.1, 0.15) is 0 Å². The number of carbonyl (C=O) groups excluding carboxylic acids is 2. The fourth-order valence-corrected chi connectivity index (χ4v) is 1.91. The van der Waals surface area contributed by atoms with Crippen LogP contribution in [0.5, 0.6) is 11.5 Å². The third kappa shape index (κ3) is 3.85. The number of amides is 3. The number of fused-ring (bicyclic) bond motifs is 1. The predicted octanol–water partition coefficient (Wildman–Crippen LogP) is 0.739. The summed E-state index contributed by atoms with van der Waals surface area (Å²) in [6.07, 6.45) is 0. The van der Waals surface area contributed by atoms with Crippen molar-refractivity contribution >= 4 is 11.9 Å². The Bertz CT molecular complexity index is 533. The van der Waals surface area contributed by atoms with E-state index in [0.29, 0.717) is 24.6 Å². The highest BCUT2D eigenvalue weighted by Gasteiger charge is 2.19. The summed E-state index contributed by atoms with van der Waals surface area (Å²) in [6.45, 7) is 4.59. The number of carbonyl (C=O) groups is 2. The summed E-state index contributed by atoms with van der Waals surface area (Å²) in [5.74, 6) is 1.01.